The first-order valence-corrected chi connectivity index (χ1v) is 17.0. The number of ether oxygens (including phenoxy) is 1. The molecule has 3 aliphatic carbocycles. The van der Waals surface area contributed by atoms with Crippen LogP contribution in [0, 0.1) is 25.2 Å². The van der Waals surface area contributed by atoms with Crippen molar-refractivity contribution in [3.8, 4) is 11.6 Å². The van der Waals surface area contributed by atoms with Gasteiger partial charge in [0.25, 0.3) is 5.91 Å². The molecule has 0 atom stereocenters. The van der Waals surface area contributed by atoms with Gasteiger partial charge in [0, 0.05) is 61.1 Å². The standard InChI is InChI=1S/C35H43N9O5/c1-7-24-28(41-10-12-42(13-11-41)33(48)26-29(46)21(4)15-37-32(26)49-6)30(47)27-31(40-44(39-27)23-8-9-36-22(5)14-23)43(24)16-25(45)38-35-17-34(18-35,19-35)20(2)3/h8-9,14-15,20H,7,10-13,16-19H2,1-6H3,(H,37,46)(H,38,45). The maximum absolute atomic E-state index is 14.3. The molecule has 5 heterocycles. The van der Waals surface area contributed by atoms with Crippen molar-refractivity contribution >= 4 is 28.7 Å². The summed E-state index contributed by atoms with van der Waals surface area (Å²) in [6.45, 7) is 11.2. The molecule has 3 saturated carbocycles. The highest BCUT2D eigenvalue weighted by molar-refractivity contribution is 5.96. The monoisotopic (exact) mass is 669 g/mol. The van der Waals surface area contributed by atoms with Gasteiger partial charge in [0.1, 0.15) is 17.8 Å². The predicted molar refractivity (Wildman–Crippen MR) is 183 cm³/mol. The van der Waals surface area contributed by atoms with Gasteiger partial charge < -0.3 is 29.4 Å². The zero-order valence-electron chi connectivity index (χ0n) is 28.9. The van der Waals surface area contributed by atoms with Gasteiger partial charge in [-0.25, -0.2) is 0 Å². The summed E-state index contributed by atoms with van der Waals surface area (Å²) in [5.41, 5.74) is 2.96. The number of nitrogens with zero attached hydrogens (tertiary/aromatic N) is 7. The molecule has 0 radical (unpaired) electrons. The smallest absolute Gasteiger partial charge is 0.263 e. The van der Waals surface area contributed by atoms with Crippen LogP contribution in [-0.4, -0.2) is 85.1 Å². The zero-order chi connectivity index (χ0) is 34.8. The molecule has 4 aromatic heterocycles. The second-order valence-electron chi connectivity index (χ2n) is 14.2. The number of hydrogen-bond donors (Lipinski definition) is 2. The molecule has 8 rings (SSSR count). The summed E-state index contributed by atoms with van der Waals surface area (Å²) in [6, 6.07) is 3.60. The molecule has 4 aromatic rings. The number of aromatic amines is 1. The largest absolute Gasteiger partial charge is 0.482 e. The maximum Gasteiger partial charge on any atom is 0.263 e. The lowest BCUT2D eigenvalue weighted by Gasteiger charge is -2.72. The Kier molecular flexibility index (Phi) is 7.87. The van der Waals surface area contributed by atoms with Gasteiger partial charge in [-0.05, 0) is 63.0 Å². The number of aromatic nitrogens is 6. The minimum atomic E-state index is -0.426. The Morgan fingerprint density at radius 2 is 1.78 bits per heavy atom. The summed E-state index contributed by atoms with van der Waals surface area (Å²) in [7, 11) is 1.41. The molecular weight excluding hydrogens is 626 g/mol. The number of pyridine rings is 3. The fourth-order valence-electron chi connectivity index (χ4n) is 8.10. The average molecular weight is 670 g/mol. The Morgan fingerprint density at radius 1 is 1.06 bits per heavy atom. The van der Waals surface area contributed by atoms with E-state index in [0.717, 1.165) is 25.0 Å². The fourth-order valence-corrected chi connectivity index (χ4v) is 8.10. The molecule has 4 fully saturated rings. The molecule has 2 bridgehead atoms. The molecule has 14 nitrogen and oxygen atoms in total. The number of piperazine rings is 1. The number of fused-ring (bicyclic) bond motifs is 1. The summed E-state index contributed by atoms with van der Waals surface area (Å²) in [4.78, 5) is 66.7. The van der Waals surface area contributed by atoms with Gasteiger partial charge in [0.2, 0.25) is 22.6 Å². The highest BCUT2D eigenvalue weighted by Gasteiger charge is 2.69. The molecular formula is C35H43N9O5. The van der Waals surface area contributed by atoms with E-state index in [9.17, 15) is 19.2 Å². The van der Waals surface area contributed by atoms with Crippen molar-refractivity contribution in [1.29, 1.82) is 0 Å². The second-order valence-corrected chi connectivity index (χ2v) is 14.2. The Bertz CT molecular complexity index is 2080. The van der Waals surface area contributed by atoms with Crippen molar-refractivity contribution in [3.05, 3.63) is 67.5 Å². The van der Waals surface area contributed by atoms with Crippen molar-refractivity contribution in [2.45, 2.75) is 72.4 Å². The fraction of sp³-hybridized carbons (Fsp3) is 0.514. The van der Waals surface area contributed by atoms with E-state index in [1.165, 1.54) is 18.1 Å². The molecule has 0 unspecified atom stereocenters. The maximum atomic E-state index is 14.3. The number of aryl methyl sites for hydroxylation is 2. The van der Waals surface area contributed by atoms with Crippen LogP contribution in [0.2, 0.25) is 0 Å². The number of methoxy groups -OCH3 is 1. The van der Waals surface area contributed by atoms with E-state index < -0.39 is 5.91 Å². The van der Waals surface area contributed by atoms with E-state index in [0.29, 0.717) is 59.1 Å². The lowest BCUT2D eigenvalue weighted by molar-refractivity contribution is -0.187. The number of carbonyl (C=O) groups excluding carboxylic acids is 2. The topological polar surface area (TPSA) is 160 Å². The number of amides is 2. The highest BCUT2D eigenvalue weighted by atomic mass is 16.5. The minimum Gasteiger partial charge on any atom is -0.482 e. The average Bonchev–Trinajstić information content (AvgIpc) is 3.50. The van der Waals surface area contributed by atoms with E-state index in [1.807, 2.05) is 29.4 Å². The van der Waals surface area contributed by atoms with E-state index in [2.05, 4.69) is 34.2 Å². The van der Waals surface area contributed by atoms with Crippen LogP contribution >= 0.6 is 0 Å². The van der Waals surface area contributed by atoms with Gasteiger partial charge in [0.05, 0.1) is 12.8 Å². The van der Waals surface area contributed by atoms with Gasteiger partial charge in [-0.2, -0.15) is 0 Å². The SMILES string of the molecule is CCc1c(N2CCN(C(=O)c3c(OC)[nH]cc(C)c3=O)CC2)c(=O)c2nn(-c3ccnc(C)c3)nc2n1CC(=O)NC12CC(C(C)C)(C1)C2. The summed E-state index contributed by atoms with van der Waals surface area (Å²) in [6.07, 6.45) is 6.63. The van der Waals surface area contributed by atoms with Crippen LogP contribution in [0.4, 0.5) is 5.69 Å². The second kappa shape index (κ2) is 11.8. The van der Waals surface area contributed by atoms with Crippen molar-refractivity contribution in [2.24, 2.45) is 11.3 Å². The first kappa shape index (κ1) is 32.5. The number of anilines is 1. The Balaban J connectivity index is 1.22. The summed E-state index contributed by atoms with van der Waals surface area (Å²) in [5.74, 6) is 0.157. The molecule has 0 spiro atoms. The van der Waals surface area contributed by atoms with Gasteiger partial charge in [0.15, 0.2) is 11.2 Å². The molecule has 1 saturated heterocycles. The zero-order valence-corrected chi connectivity index (χ0v) is 28.9. The van der Waals surface area contributed by atoms with E-state index >= 15 is 0 Å². The van der Waals surface area contributed by atoms with Crippen molar-refractivity contribution < 1.29 is 14.3 Å². The number of hydrogen-bond acceptors (Lipinski definition) is 9. The lowest BCUT2D eigenvalue weighted by Crippen LogP contribution is -2.76. The van der Waals surface area contributed by atoms with Gasteiger partial charge in [-0.1, -0.05) is 20.8 Å². The van der Waals surface area contributed by atoms with Crippen LogP contribution in [0.1, 0.15) is 67.3 Å². The molecule has 0 aromatic carbocycles. The molecule has 1 aliphatic heterocycles. The third-order valence-electron chi connectivity index (χ3n) is 10.9. The molecule has 4 aliphatic rings. The quantitative estimate of drug-likeness (QED) is 0.273. The number of carbonyl (C=O) groups is 2. The lowest BCUT2D eigenvalue weighted by atomic mass is 9.36. The van der Waals surface area contributed by atoms with Crippen LogP contribution in [0.25, 0.3) is 16.9 Å². The first-order chi connectivity index (χ1) is 23.4. The van der Waals surface area contributed by atoms with E-state index in [1.54, 1.807) is 24.1 Å². The van der Waals surface area contributed by atoms with E-state index in [4.69, 9.17) is 9.84 Å². The van der Waals surface area contributed by atoms with Crippen LogP contribution in [0.3, 0.4) is 0 Å². The molecule has 2 amide bonds. The Hall–Kier alpha value is -5.01. The Morgan fingerprint density at radius 3 is 2.41 bits per heavy atom. The van der Waals surface area contributed by atoms with Gasteiger partial charge in [-0.15, -0.1) is 15.0 Å². The van der Waals surface area contributed by atoms with Crippen molar-refractivity contribution in [1.82, 2.24) is 39.7 Å². The molecule has 2 N–H and O–H groups in total. The highest BCUT2D eigenvalue weighted by Crippen LogP contribution is 2.70. The first-order valence-electron chi connectivity index (χ1n) is 17.0. The normalized spacial score (nSPS) is 21.4. The van der Waals surface area contributed by atoms with Crippen molar-refractivity contribution in [2.75, 3.05) is 38.2 Å². The summed E-state index contributed by atoms with van der Waals surface area (Å²) in [5, 5.41) is 12.7. The van der Waals surface area contributed by atoms with Crippen LogP contribution in [0.15, 0.2) is 34.1 Å². The van der Waals surface area contributed by atoms with Gasteiger partial charge >= 0.3 is 0 Å². The third-order valence-corrected chi connectivity index (χ3v) is 10.9. The summed E-state index contributed by atoms with van der Waals surface area (Å²) >= 11 is 0. The molecule has 14 heteroatoms. The van der Waals surface area contributed by atoms with E-state index in [-0.39, 0.29) is 58.9 Å². The number of rotatable bonds is 9. The Labute approximate surface area is 283 Å². The van der Waals surface area contributed by atoms with Crippen LogP contribution in [0.5, 0.6) is 5.88 Å². The predicted octanol–water partition coefficient (Wildman–Crippen LogP) is 2.51. The van der Waals surface area contributed by atoms with Crippen molar-refractivity contribution in [3.63, 3.8) is 0 Å². The third kappa shape index (κ3) is 5.28. The van der Waals surface area contributed by atoms with Crippen LogP contribution < -0.4 is 25.8 Å². The number of nitrogens with one attached hydrogen (secondary N) is 2. The van der Waals surface area contributed by atoms with Gasteiger partial charge in [-0.3, -0.25) is 24.2 Å². The minimum absolute atomic E-state index is 0.00811. The summed E-state index contributed by atoms with van der Waals surface area (Å²) < 4.78 is 7.14. The van der Waals surface area contributed by atoms with Crippen LogP contribution in [-0.2, 0) is 17.8 Å². The number of H-pyrrole nitrogens is 1. The molecule has 258 valence electrons. The molecule has 49 heavy (non-hydrogen) atoms.